The summed E-state index contributed by atoms with van der Waals surface area (Å²) in [5, 5.41) is 6.06. The van der Waals surface area contributed by atoms with Gasteiger partial charge in [0, 0.05) is 26.8 Å². The van der Waals surface area contributed by atoms with Crippen molar-refractivity contribution in [1.29, 1.82) is 0 Å². The van der Waals surface area contributed by atoms with Crippen molar-refractivity contribution in [3.8, 4) is 28.3 Å². The maximum Gasteiger partial charge on any atom is 0.240 e. The Morgan fingerprint density at radius 3 is 2.17 bits per heavy atom. The lowest BCUT2D eigenvalue weighted by Gasteiger charge is -2.11. The maximum atomic E-state index is 12.2. The van der Waals surface area contributed by atoms with Gasteiger partial charge in [-0.1, -0.05) is 51.8 Å². The molecule has 0 unspecified atom stereocenters. The summed E-state index contributed by atoms with van der Waals surface area (Å²) in [6.07, 6.45) is 1.80. The van der Waals surface area contributed by atoms with Crippen molar-refractivity contribution < 1.29 is 8.42 Å². The van der Waals surface area contributed by atoms with Crippen molar-refractivity contribution in [3.63, 3.8) is 0 Å². The molecule has 0 amide bonds. The number of hydrogen-bond acceptors (Lipinski definition) is 3. The van der Waals surface area contributed by atoms with Crippen molar-refractivity contribution in [3.05, 3.63) is 88.5 Å². The van der Waals surface area contributed by atoms with Crippen molar-refractivity contribution in [2.24, 2.45) is 5.14 Å². The summed E-state index contributed by atoms with van der Waals surface area (Å²) in [7, 11) is -3.92. The molecule has 5 nitrogen and oxygen atoms in total. The zero-order chi connectivity index (χ0) is 20.6. The van der Waals surface area contributed by atoms with E-state index in [4.69, 9.17) is 21.7 Å². The zero-order valence-corrected chi connectivity index (χ0v) is 18.1. The summed E-state index contributed by atoms with van der Waals surface area (Å²) in [6, 6.07) is 21.5. The molecule has 1 aromatic heterocycles. The average Bonchev–Trinajstić information content (AvgIpc) is 3.14. The number of primary sulfonamides is 1. The number of benzene rings is 3. The Morgan fingerprint density at radius 2 is 1.52 bits per heavy atom. The Hall–Kier alpha value is -2.45. The van der Waals surface area contributed by atoms with Crippen LogP contribution in [0.5, 0.6) is 0 Å². The number of rotatable bonds is 4. The van der Waals surface area contributed by atoms with Crippen LogP contribution in [0.25, 0.3) is 28.3 Å². The van der Waals surface area contributed by atoms with Crippen LogP contribution in [0.4, 0.5) is 0 Å². The van der Waals surface area contributed by atoms with Crippen LogP contribution >= 0.6 is 27.5 Å². The molecule has 0 spiro atoms. The van der Waals surface area contributed by atoms with E-state index in [1.54, 1.807) is 41.1 Å². The predicted octanol–water partition coefficient (Wildman–Crippen LogP) is 5.27. The second-order valence-electron chi connectivity index (χ2n) is 6.35. The molecule has 0 atom stereocenters. The van der Waals surface area contributed by atoms with Crippen LogP contribution in [0.2, 0.25) is 5.02 Å². The molecule has 29 heavy (non-hydrogen) atoms. The van der Waals surface area contributed by atoms with Gasteiger partial charge in [-0.05, 0) is 48.5 Å². The van der Waals surface area contributed by atoms with Crippen LogP contribution in [0, 0.1) is 0 Å². The molecule has 0 aliphatic rings. The number of nitrogens with two attached hydrogens (primary N) is 1. The topological polar surface area (TPSA) is 78.0 Å². The molecular weight excluding hydrogens is 474 g/mol. The number of halogens is 2. The quantitative estimate of drug-likeness (QED) is 0.425. The van der Waals surface area contributed by atoms with E-state index < -0.39 is 10.0 Å². The minimum absolute atomic E-state index is 0.0231. The first-order chi connectivity index (χ1) is 13.8. The second kappa shape index (κ2) is 7.76. The molecule has 1 heterocycles. The van der Waals surface area contributed by atoms with Crippen LogP contribution < -0.4 is 5.14 Å². The largest absolute Gasteiger partial charge is 0.298 e. The molecule has 0 aliphatic carbocycles. The molecule has 0 fully saturated rings. The first-order valence-corrected chi connectivity index (χ1v) is 11.3. The molecule has 0 radical (unpaired) electrons. The fourth-order valence-electron chi connectivity index (χ4n) is 3.02. The molecule has 0 aliphatic heterocycles. The Labute approximate surface area is 182 Å². The molecule has 0 saturated heterocycles. The number of aromatic nitrogens is 2. The first-order valence-electron chi connectivity index (χ1n) is 8.56. The molecule has 0 bridgehead atoms. The number of nitrogens with zero attached hydrogens (tertiary/aromatic N) is 2. The van der Waals surface area contributed by atoms with Gasteiger partial charge in [0.2, 0.25) is 10.0 Å². The third-order valence-corrected chi connectivity index (χ3v) is 6.12. The van der Waals surface area contributed by atoms with Gasteiger partial charge in [0.25, 0.3) is 0 Å². The number of imidazole rings is 1. The lowest BCUT2D eigenvalue weighted by Crippen LogP contribution is -2.15. The van der Waals surface area contributed by atoms with Crippen LogP contribution in [-0.4, -0.2) is 18.0 Å². The van der Waals surface area contributed by atoms with E-state index >= 15 is 0 Å². The summed E-state index contributed by atoms with van der Waals surface area (Å²) in [4.78, 5) is 4.80. The highest BCUT2D eigenvalue weighted by molar-refractivity contribution is 9.10. The van der Waals surface area contributed by atoms with E-state index in [-0.39, 0.29) is 4.90 Å². The van der Waals surface area contributed by atoms with Crippen molar-refractivity contribution in [2.75, 3.05) is 0 Å². The fourth-order valence-corrected chi connectivity index (χ4v) is 4.14. The third kappa shape index (κ3) is 4.13. The van der Waals surface area contributed by atoms with Crippen molar-refractivity contribution in [1.82, 2.24) is 9.55 Å². The molecule has 8 heteroatoms. The number of sulfonamides is 1. The van der Waals surface area contributed by atoms with E-state index in [0.29, 0.717) is 22.2 Å². The Balaban J connectivity index is 1.98. The first kappa shape index (κ1) is 19.8. The number of para-hydroxylation sites is 1. The van der Waals surface area contributed by atoms with Gasteiger partial charge >= 0.3 is 0 Å². The molecule has 3 aromatic carbocycles. The molecular formula is C21H15BrClN3O2S. The van der Waals surface area contributed by atoms with E-state index in [9.17, 15) is 8.42 Å². The van der Waals surface area contributed by atoms with Gasteiger partial charge in [0.15, 0.2) is 0 Å². The minimum atomic E-state index is -3.92. The van der Waals surface area contributed by atoms with Gasteiger partial charge in [0.1, 0.15) is 10.7 Å². The molecule has 2 N–H and O–H groups in total. The summed E-state index contributed by atoms with van der Waals surface area (Å²) in [5.74, 6) is 0.579. The van der Waals surface area contributed by atoms with Gasteiger partial charge in [-0.25, -0.2) is 18.5 Å². The second-order valence-corrected chi connectivity index (χ2v) is 9.23. The number of hydrogen-bond donors (Lipinski definition) is 1. The summed E-state index contributed by atoms with van der Waals surface area (Å²) >= 11 is 9.46. The average molecular weight is 489 g/mol. The zero-order valence-electron chi connectivity index (χ0n) is 15.0. The van der Waals surface area contributed by atoms with E-state index in [2.05, 4.69) is 15.9 Å². The van der Waals surface area contributed by atoms with E-state index in [1.165, 1.54) is 6.07 Å². The van der Waals surface area contributed by atoms with Gasteiger partial charge < -0.3 is 0 Å². The van der Waals surface area contributed by atoms with Crippen LogP contribution in [-0.2, 0) is 10.0 Å². The third-order valence-electron chi connectivity index (χ3n) is 4.38. The lowest BCUT2D eigenvalue weighted by atomic mass is 10.2. The SMILES string of the molecule is NS(=O)(=O)c1ccccc1-n1cc(-c2ccc(Br)cc2)nc1-c1ccc(Cl)cc1. The molecule has 4 rings (SSSR count). The minimum Gasteiger partial charge on any atom is -0.298 e. The maximum absolute atomic E-state index is 12.2. The van der Waals surface area contributed by atoms with E-state index in [0.717, 1.165) is 15.6 Å². The summed E-state index contributed by atoms with van der Waals surface area (Å²) in [5.41, 5.74) is 2.82. The Bertz CT molecular complexity index is 1280. The standard InChI is InChI=1S/C21H15BrClN3O2S/c22-16-9-5-14(6-10-16)18-13-26(19-3-1-2-4-20(19)29(24,27)28)21(25-18)15-7-11-17(23)12-8-15/h1-13H,(H2,24,27,28). The highest BCUT2D eigenvalue weighted by atomic mass is 79.9. The summed E-state index contributed by atoms with van der Waals surface area (Å²) < 4.78 is 27.0. The van der Waals surface area contributed by atoms with E-state index in [1.807, 2.05) is 36.4 Å². The lowest BCUT2D eigenvalue weighted by molar-refractivity contribution is 0.597. The molecule has 4 aromatic rings. The highest BCUT2D eigenvalue weighted by Crippen LogP contribution is 2.31. The fraction of sp³-hybridized carbons (Fsp3) is 0. The monoisotopic (exact) mass is 487 g/mol. The smallest absolute Gasteiger partial charge is 0.240 e. The Kier molecular flexibility index (Phi) is 5.31. The van der Waals surface area contributed by atoms with Crippen molar-refractivity contribution in [2.45, 2.75) is 4.90 Å². The summed E-state index contributed by atoms with van der Waals surface area (Å²) in [6.45, 7) is 0. The molecule has 146 valence electrons. The van der Waals surface area contributed by atoms with Gasteiger partial charge in [-0.3, -0.25) is 4.57 Å². The van der Waals surface area contributed by atoms with Crippen LogP contribution in [0.15, 0.2) is 88.4 Å². The highest BCUT2D eigenvalue weighted by Gasteiger charge is 2.19. The van der Waals surface area contributed by atoms with Gasteiger partial charge in [-0.2, -0.15) is 0 Å². The van der Waals surface area contributed by atoms with Gasteiger partial charge in [-0.15, -0.1) is 0 Å². The van der Waals surface area contributed by atoms with Crippen molar-refractivity contribution >= 4 is 37.6 Å². The molecule has 0 saturated carbocycles. The predicted molar refractivity (Wildman–Crippen MR) is 119 cm³/mol. The normalized spacial score (nSPS) is 11.6. The Morgan fingerprint density at radius 1 is 0.897 bits per heavy atom. The van der Waals surface area contributed by atoms with Gasteiger partial charge in [0.05, 0.1) is 11.4 Å². The van der Waals surface area contributed by atoms with Crippen LogP contribution in [0.3, 0.4) is 0 Å². The van der Waals surface area contributed by atoms with Crippen LogP contribution in [0.1, 0.15) is 0 Å².